The molecule has 0 radical (unpaired) electrons. The van der Waals surface area contributed by atoms with Crippen molar-refractivity contribution in [1.29, 1.82) is 5.26 Å². The number of nitrogens with two attached hydrogens (primary N) is 1. The maximum Gasteiger partial charge on any atom is 0.351 e. The highest BCUT2D eigenvalue weighted by Crippen LogP contribution is 2.28. The molecular formula is C13H18N4O5. The van der Waals surface area contributed by atoms with E-state index in [1.54, 1.807) is 0 Å². The third-order valence-electron chi connectivity index (χ3n) is 3.59. The van der Waals surface area contributed by atoms with E-state index in [2.05, 4.69) is 4.98 Å². The van der Waals surface area contributed by atoms with Crippen molar-refractivity contribution >= 4 is 5.82 Å². The van der Waals surface area contributed by atoms with Gasteiger partial charge in [0.15, 0.2) is 6.23 Å². The van der Waals surface area contributed by atoms with Crippen molar-refractivity contribution < 1.29 is 20.1 Å². The first-order chi connectivity index (χ1) is 10.5. The molecule has 120 valence electrons. The monoisotopic (exact) mass is 310 g/mol. The number of hydrogen-bond donors (Lipinski definition) is 4. The Balaban J connectivity index is 2.29. The lowest BCUT2D eigenvalue weighted by molar-refractivity contribution is -0.0550. The van der Waals surface area contributed by atoms with Crippen LogP contribution in [0.3, 0.4) is 0 Å². The summed E-state index contributed by atoms with van der Waals surface area (Å²) in [6.45, 7) is -0.485. The van der Waals surface area contributed by atoms with Gasteiger partial charge in [-0.25, -0.2) is 4.79 Å². The SMILES string of the molecule is N#CCCCc1cn([C@@H]2O[C@H](CO)[C@@H](O)[C@H]2O)c(=O)nc1N. The molecular weight excluding hydrogens is 292 g/mol. The van der Waals surface area contributed by atoms with Gasteiger partial charge in [-0.15, -0.1) is 0 Å². The highest BCUT2D eigenvalue weighted by molar-refractivity contribution is 5.37. The van der Waals surface area contributed by atoms with E-state index in [-0.39, 0.29) is 5.82 Å². The second-order valence-electron chi connectivity index (χ2n) is 5.08. The maximum atomic E-state index is 11.9. The standard InChI is InChI=1S/C13H18N4O5/c14-4-2-1-3-7-5-17(13(21)16-11(7)15)12-10(20)9(19)8(6-18)22-12/h5,8-10,12,18-20H,1-3,6H2,(H2,15,16,21)/t8-,9-,10-,12-/m1/s1. The molecule has 22 heavy (non-hydrogen) atoms. The first-order valence-electron chi connectivity index (χ1n) is 6.86. The van der Waals surface area contributed by atoms with Crippen LogP contribution in [0.25, 0.3) is 0 Å². The second-order valence-corrected chi connectivity index (χ2v) is 5.08. The fraction of sp³-hybridized carbons (Fsp3) is 0.615. The molecule has 2 heterocycles. The Kier molecular flexibility index (Phi) is 5.10. The van der Waals surface area contributed by atoms with Gasteiger partial charge in [-0.1, -0.05) is 0 Å². The van der Waals surface area contributed by atoms with Crippen molar-refractivity contribution in [2.45, 2.75) is 43.8 Å². The van der Waals surface area contributed by atoms with Gasteiger partial charge >= 0.3 is 5.69 Å². The lowest BCUT2D eigenvalue weighted by Gasteiger charge is -2.18. The Labute approximate surface area is 126 Å². The number of nitriles is 1. The number of aromatic nitrogens is 2. The summed E-state index contributed by atoms with van der Waals surface area (Å²) in [5.41, 5.74) is 5.51. The zero-order chi connectivity index (χ0) is 16.3. The van der Waals surface area contributed by atoms with E-state index in [1.807, 2.05) is 6.07 Å². The maximum absolute atomic E-state index is 11.9. The summed E-state index contributed by atoms with van der Waals surface area (Å²) in [6.07, 6.45) is -2.06. The molecule has 1 aromatic heterocycles. The third kappa shape index (κ3) is 3.10. The van der Waals surface area contributed by atoms with Crippen molar-refractivity contribution in [3.05, 3.63) is 22.2 Å². The van der Waals surface area contributed by atoms with Gasteiger partial charge in [0.05, 0.1) is 12.7 Å². The van der Waals surface area contributed by atoms with Crippen molar-refractivity contribution in [2.75, 3.05) is 12.3 Å². The molecule has 0 aliphatic carbocycles. The summed E-state index contributed by atoms with van der Waals surface area (Å²) >= 11 is 0. The molecule has 9 nitrogen and oxygen atoms in total. The average Bonchev–Trinajstić information content (AvgIpc) is 2.77. The van der Waals surface area contributed by atoms with Crippen LogP contribution in [0.15, 0.2) is 11.0 Å². The number of aliphatic hydroxyl groups is 3. The highest BCUT2D eigenvalue weighted by atomic mass is 16.6. The first kappa shape index (κ1) is 16.4. The molecule has 0 aromatic carbocycles. The van der Waals surface area contributed by atoms with Crippen LogP contribution in [0.2, 0.25) is 0 Å². The molecule has 1 aliphatic heterocycles. The molecule has 1 fully saturated rings. The van der Waals surface area contributed by atoms with E-state index >= 15 is 0 Å². The predicted octanol–water partition coefficient (Wildman–Crippen LogP) is -1.72. The van der Waals surface area contributed by atoms with Crippen LogP contribution in [-0.4, -0.2) is 49.8 Å². The van der Waals surface area contributed by atoms with E-state index in [0.717, 1.165) is 4.57 Å². The van der Waals surface area contributed by atoms with Gasteiger partial charge in [0.25, 0.3) is 0 Å². The number of rotatable bonds is 5. The van der Waals surface area contributed by atoms with Crippen LogP contribution in [0.5, 0.6) is 0 Å². The summed E-state index contributed by atoms with van der Waals surface area (Å²) in [7, 11) is 0. The minimum absolute atomic E-state index is 0.0610. The molecule has 0 amide bonds. The minimum Gasteiger partial charge on any atom is -0.394 e. The molecule has 9 heteroatoms. The molecule has 4 atom stereocenters. The number of nitrogens with zero attached hydrogens (tertiary/aromatic N) is 3. The molecule has 5 N–H and O–H groups in total. The van der Waals surface area contributed by atoms with E-state index < -0.39 is 36.8 Å². The molecule has 0 bridgehead atoms. The average molecular weight is 310 g/mol. The fourth-order valence-electron chi connectivity index (χ4n) is 2.36. The topological polar surface area (TPSA) is 155 Å². The number of aryl methyl sites for hydroxylation is 1. The summed E-state index contributed by atoms with van der Waals surface area (Å²) in [5.74, 6) is 0.0610. The zero-order valence-corrected chi connectivity index (χ0v) is 11.8. The van der Waals surface area contributed by atoms with Crippen molar-refractivity contribution in [2.24, 2.45) is 0 Å². The molecule has 1 aliphatic rings. The Morgan fingerprint density at radius 3 is 2.77 bits per heavy atom. The van der Waals surface area contributed by atoms with Crippen LogP contribution < -0.4 is 11.4 Å². The van der Waals surface area contributed by atoms with Crippen LogP contribution in [0.1, 0.15) is 24.6 Å². The molecule has 1 aromatic rings. The minimum atomic E-state index is -1.37. The van der Waals surface area contributed by atoms with Gasteiger partial charge in [-0.2, -0.15) is 10.2 Å². The summed E-state index contributed by atoms with van der Waals surface area (Å²) in [6, 6.07) is 2.01. The van der Waals surface area contributed by atoms with Gasteiger partial charge in [0.2, 0.25) is 0 Å². The van der Waals surface area contributed by atoms with Gasteiger partial charge < -0.3 is 25.8 Å². The van der Waals surface area contributed by atoms with Crippen LogP contribution in [0, 0.1) is 11.3 Å². The fourth-order valence-corrected chi connectivity index (χ4v) is 2.36. The van der Waals surface area contributed by atoms with E-state index in [9.17, 15) is 15.0 Å². The smallest absolute Gasteiger partial charge is 0.351 e. The Hall–Kier alpha value is -1.99. The van der Waals surface area contributed by atoms with Crippen molar-refractivity contribution in [3.63, 3.8) is 0 Å². The number of nitrogen functional groups attached to an aromatic ring is 1. The third-order valence-corrected chi connectivity index (χ3v) is 3.59. The Morgan fingerprint density at radius 2 is 2.18 bits per heavy atom. The molecule has 0 unspecified atom stereocenters. The van der Waals surface area contributed by atoms with Gasteiger partial charge in [0.1, 0.15) is 24.1 Å². The Bertz CT molecular complexity index is 626. The summed E-state index contributed by atoms with van der Waals surface area (Å²) in [5, 5.41) is 37.3. The second kappa shape index (κ2) is 6.85. The van der Waals surface area contributed by atoms with Crippen LogP contribution >= 0.6 is 0 Å². The van der Waals surface area contributed by atoms with Gasteiger partial charge in [0, 0.05) is 18.2 Å². The number of anilines is 1. The Morgan fingerprint density at radius 1 is 1.45 bits per heavy atom. The quantitative estimate of drug-likeness (QED) is 0.468. The summed E-state index contributed by atoms with van der Waals surface area (Å²) < 4.78 is 6.35. The lowest BCUT2D eigenvalue weighted by Crippen LogP contribution is -2.36. The van der Waals surface area contributed by atoms with Crippen molar-refractivity contribution in [3.8, 4) is 6.07 Å². The summed E-state index contributed by atoms with van der Waals surface area (Å²) in [4.78, 5) is 15.6. The van der Waals surface area contributed by atoms with Gasteiger partial charge in [-0.05, 0) is 12.8 Å². The van der Waals surface area contributed by atoms with Gasteiger partial charge in [-0.3, -0.25) is 4.57 Å². The normalized spacial score (nSPS) is 27.7. The van der Waals surface area contributed by atoms with Crippen LogP contribution in [-0.2, 0) is 11.2 Å². The molecule has 0 spiro atoms. The molecule has 0 saturated carbocycles. The van der Waals surface area contributed by atoms with Crippen LogP contribution in [0.4, 0.5) is 5.82 Å². The van der Waals surface area contributed by atoms with E-state index in [0.29, 0.717) is 24.8 Å². The highest BCUT2D eigenvalue weighted by Gasteiger charge is 2.43. The van der Waals surface area contributed by atoms with E-state index in [1.165, 1.54) is 6.20 Å². The zero-order valence-electron chi connectivity index (χ0n) is 11.8. The first-order valence-corrected chi connectivity index (χ1v) is 6.86. The number of ether oxygens (including phenoxy) is 1. The van der Waals surface area contributed by atoms with Crippen molar-refractivity contribution in [1.82, 2.24) is 9.55 Å². The predicted molar refractivity (Wildman–Crippen MR) is 74.5 cm³/mol. The molecule has 1 saturated heterocycles. The number of aliphatic hydroxyl groups excluding tert-OH is 3. The molecule has 2 rings (SSSR count). The number of hydrogen-bond acceptors (Lipinski definition) is 8. The largest absolute Gasteiger partial charge is 0.394 e. The lowest BCUT2D eigenvalue weighted by atomic mass is 10.1. The number of unbranched alkanes of at least 4 members (excludes halogenated alkanes) is 1. The van der Waals surface area contributed by atoms with E-state index in [4.69, 9.17) is 20.8 Å².